The first-order valence-corrected chi connectivity index (χ1v) is 8.25. The maximum atomic E-state index is 12.3. The van der Waals surface area contributed by atoms with Crippen LogP contribution in [0, 0.1) is 11.8 Å². The van der Waals surface area contributed by atoms with Crippen molar-refractivity contribution < 1.29 is 18.3 Å². The van der Waals surface area contributed by atoms with Crippen LogP contribution >= 0.6 is 0 Å². The highest BCUT2D eigenvalue weighted by atomic mass is 32.2. The minimum atomic E-state index is -3.56. The molecule has 0 aromatic heterocycles. The van der Waals surface area contributed by atoms with Crippen LogP contribution in [0.25, 0.3) is 0 Å². The Kier molecular flexibility index (Phi) is 5.01. The zero-order valence-corrected chi connectivity index (χ0v) is 12.7. The summed E-state index contributed by atoms with van der Waals surface area (Å²) in [6.07, 6.45) is 1.07. The highest BCUT2D eigenvalue weighted by Gasteiger charge is 2.34. The van der Waals surface area contributed by atoms with Gasteiger partial charge >= 0.3 is 0 Å². The van der Waals surface area contributed by atoms with E-state index in [-0.39, 0.29) is 11.5 Å². The fourth-order valence-electron chi connectivity index (χ4n) is 2.07. The van der Waals surface area contributed by atoms with Gasteiger partial charge < -0.3 is 9.84 Å². The fraction of sp³-hybridized carbons (Fsp3) is 0.467. The molecule has 21 heavy (non-hydrogen) atoms. The van der Waals surface area contributed by atoms with Crippen molar-refractivity contribution in [2.45, 2.75) is 30.2 Å². The summed E-state index contributed by atoms with van der Waals surface area (Å²) in [5, 5.41) is 8.65. The number of rotatable bonds is 4. The third-order valence-corrected chi connectivity index (χ3v) is 4.89. The van der Waals surface area contributed by atoms with Gasteiger partial charge in [-0.05, 0) is 37.6 Å². The lowest BCUT2D eigenvalue weighted by Crippen LogP contribution is -2.46. The van der Waals surface area contributed by atoms with E-state index in [9.17, 15) is 8.42 Å². The van der Waals surface area contributed by atoms with Crippen LogP contribution in [0.15, 0.2) is 29.2 Å². The van der Waals surface area contributed by atoms with Gasteiger partial charge in [0.2, 0.25) is 10.0 Å². The Labute approximate surface area is 125 Å². The van der Waals surface area contributed by atoms with Crippen molar-refractivity contribution in [3.63, 3.8) is 0 Å². The second-order valence-corrected chi connectivity index (χ2v) is 6.95. The Hall–Kier alpha value is -1.39. The first-order valence-electron chi connectivity index (χ1n) is 6.77. The summed E-state index contributed by atoms with van der Waals surface area (Å²) in [6.45, 7) is 2.81. The molecule has 0 aliphatic carbocycles. The Bertz CT molecular complexity index is 634. The zero-order chi connectivity index (χ0) is 15.3. The molecule has 1 heterocycles. The molecule has 0 amide bonds. The first kappa shape index (κ1) is 16.0. The number of hydrogen-bond acceptors (Lipinski definition) is 4. The van der Waals surface area contributed by atoms with Crippen LogP contribution in [0.2, 0.25) is 0 Å². The van der Waals surface area contributed by atoms with Gasteiger partial charge in [-0.3, -0.25) is 0 Å². The average molecular weight is 309 g/mol. The summed E-state index contributed by atoms with van der Waals surface area (Å²) in [5.41, 5.74) is 0.177. The van der Waals surface area contributed by atoms with Crippen molar-refractivity contribution in [2.24, 2.45) is 0 Å². The molecule has 0 radical (unpaired) electrons. The molecule has 0 saturated carbocycles. The van der Waals surface area contributed by atoms with E-state index in [0.717, 1.165) is 5.56 Å². The maximum absolute atomic E-state index is 12.3. The molecule has 1 saturated heterocycles. The van der Waals surface area contributed by atoms with E-state index in [2.05, 4.69) is 16.6 Å². The summed E-state index contributed by atoms with van der Waals surface area (Å²) in [5.74, 6) is 5.65. The minimum absolute atomic E-state index is 0.0179. The van der Waals surface area contributed by atoms with Crippen molar-refractivity contribution in [1.82, 2.24) is 4.72 Å². The Morgan fingerprint density at radius 2 is 2.10 bits per heavy atom. The molecule has 0 spiro atoms. The highest BCUT2D eigenvalue weighted by molar-refractivity contribution is 7.89. The van der Waals surface area contributed by atoms with E-state index in [1.165, 1.54) is 12.1 Å². The van der Waals surface area contributed by atoms with Gasteiger partial charge in [-0.1, -0.05) is 11.8 Å². The molecule has 1 aromatic rings. The van der Waals surface area contributed by atoms with Crippen LogP contribution in [0.1, 0.15) is 25.3 Å². The maximum Gasteiger partial charge on any atom is 0.241 e. The summed E-state index contributed by atoms with van der Waals surface area (Å²) in [4.78, 5) is 0.211. The molecule has 1 aliphatic rings. The van der Waals surface area contributed by atoms with E-state index in [0.29, 0.717) is 26.1 Å². The van der Waals surface area contributed by atoms with E-state index >= 15 is 0 Å². The molecular formula is C15H19NO4S. The molecular weight excluding hydrogens is 290 g/mol. The van der Waals surface area contributed by atoms with Crippen LogP contribution in [-0.2, 0) is 14.8 Å². The molecule has 6 heteroatoms. The predicted octanol–water partition coefficient (Wildman–Crippen LogP) is 0.878. The molecule has 2 rings (SSSR count). The smallest absolute Gasteiger partial charge is 0.241 e. The number of aliphatic hydroxyl groups is 1. The lowest BCUT2D eigenvalue weighted by atomic mass is 10.0. The molecule has 1 aromatic carbocycles. The highest BCUT2D eigenvalue weighted by Crippen LogP contribution is 2.21. The average Bonchev–Trinajstić information content (AvgIpc) is 2.85. The van der Waals surface area contributed by atoms with Crippen LogP contribution in [0.4, 0.5) is 0 Å². The third-order valence-electron chi connectivity index (χ3n) is 3.23. The van der Waals surface area contributed by atoms with E-state index in [1.54, 1.807) is 12.1 Å². The standard InChI is InChI=1S/C15H19NO4S/c1-15(9-11-20-12-15)16-21(18,19)14-7-5-13(6-8-14)4-2-3-10-17/h5-8,16-17H,3,9-12H2,1H3. The van der Waals surface area contributed by atoms with Crippen molar-refractivity contribution >= 4 is 10.0 Å². The zero-order valence-electron chi connectivity index (χ0n) is 11.9. The number of aliphatic hydroxyl groups excluding tert-OH is 1. The number of sulfonamides is 1. The summed E-state index contributed by atoms with van der Waals surface area (Å²) in [6, 6.07) is 6.38. The molecule has 1 atom stereocenters. The molecule has 1 fully saturated rings. The van der Waals surface area contributed by atoms with Gasteiger partial charge in [-0.15, -0.1) is 0 Å². The van der Waals surface area contributed by atoms with Crippen molar-refractivity contribution in [3.8, 4) is 11.8 Å². The number of hydrogen-bond donors (Lipinski definition) is 2. The Morgan fingerprint density at radius 1 is 1.38 bits per heavy atom. The predicted molar refractivity (Wildman–Crippen MR) is 79.2 cm³/mol. The molecule has 114 valence electrons. The minimum Gasteiger partial charge on any atom is -0.395 e. The molecule has 2 N–H and O–H groups in total. The van der Waals surface area contributed by atoms with Crippen LogP contribution < -0.4 is 4.72 Å². The van der Waals surface area contributed by atoms with Crippen molar-refractivity contribution in [1.29, 1.82) is 0 Å². The van der Waals surface area contributed by atoms with Crippen LogP contribution in [0.5, 0.6) is 0 Å². The number of ether oxygens (including phenoxy) is 1. The topological polar surface area (TPSA) is 75.6 Å². The van der Waals surface area contributed by atoms with Gasteiger partial charge in [0.1, 0.15) is 0 Å². The normalized spacial score (nSPS) is 21.8. The molecule has 1 unspecified atom stereocenters. The molecule has 1 aliphatic heterocycles. The molecule has 5 nitrogen and oxygen atoms in total. The van der Waals surface area contributed by atoms with Crippen LogP contribution in [0.3, 0.4) is 0 Å². The van der Waals surface area contributed by atoms with Gasteiger partial charge in [-0.2, -0.15) is 0 Å². The monoisotopic (exact) mass is 309 g/mol. The number of nitrogens with one attached hydrogen (secondary N) is 1. The fourth-order valence-corrected chi connectivity index (χ4v) is 3.49. The van der Waals surface area contributed by atoms with Crippen molar-refractivity contribution in [3.05, 3.63) is 29.8 Å². The van der Waals surface area contributed by atoms with Gasteiger partial charge in [0.05, 0.1) is 23.6 Å². The second kappa shape index (κ2) is 6.58. The van der Waals surface area contributed by atoms with E-state index < -0.39 is 15.6 Å². The Balaban J connectivity index is 2.12. The summed E-state index contributed by atoms with van der Waals surface area (Å²) >= 11 is 0. The summed E-state index contributed by atoms with van der Waals surface area (Å²) in [7, 11) is -3.56. The Morgan fingerprint density at radius 3 is 2.67 bits per heavy atom. The van der Waals surface area contributed by atoms with Gasteiger partial charge in [-0.25, -0.2) is 13.1 Å². The van der Waals surface area contributed by atoms with Gasteiger partial charge in [0.25, 0.3) is 0 Å². The van der Waals surface area contributed by atoms with E-state index in [4.69, 9.17) is 9.84 Å². The van der Waals surface area contributed by atoms with Gasteiger partial charge in [0.15, 0.2) is 0 Å². The van der Waals surface area contributed by atoms with Crippen molar-refractivity contribution in [2.75, 3.05) is 19.8 Å². The first-order chi connectivity index (χ1) is 9.95. The SMILES string of the molecule is CC1(NS(=O)(=O)c2ccc(C#CCCO)cc2)CCOC1. The van der Waals surface area contributed by atoms with E-state index in [1.807, 2.05) is 6.92 Å². The second-order valence-electron chi connectivity index (χ2n) is 5.27. The number of benzene rings is 1. The largest absolute Gasteiger partial charge is 0.395 e. The lowest BCUT2D eigenvalue weighted by Gasteiger charge is -2.23. The van der Waals surface area contributed by atoms with Crippen LogP contribution in [-0.4, -0.2) is 38.9 Å². The summed E-state index contributed by atoms with van der Waals surface area (Å²) < 4.78 is 32.6. The lowest BCUT2D eigenvalue weighted by molar-refractivity contribution is 0.178. The molecule has 0 bridgehead atoms. The van der Waals surface area contributed by atoms with Gasteiger partial charge in [0, 0.05) is 18.6 Å². The quantitative estimate of drug-likeness (QED) is 0.810. The third kappa shape index (κ3) is 4.29.